The largest absolute Gasteiger partial charge is 0.454 e. The van der Waals surface area contributed by atoms with Crippen LogP contribution in [-0.4, -0.2) is 79.1 Å². The Morgan fingerprint density at radius 3 is 2.81 bits per heavy atom. The molecule has 0 bridgehead atoms. The van der Waals surface area contributed by atoms with Crippen LogP contribution < -0.4 is 9.47 Å². The molecule has 26 heavy (non-hydrogen) atoms. The van der Waals surface area contributed by atoms with Crippen molar-refractivity contribution in [2.45, 2.75) is 24.9 Å². The summed E-state index contributed by atoms with van der Waals surface area (Å²) in [5, 5.41) is 11.0. The van der Waals surface area contributed by atoms with Gasteiger partial charge in [0.05, 0.1) is 26.2 Å². The molecule has 0 unspecified atom stereocenters. The maximum atomic E-state index is 12.8. The third kappa shape index (κ3) is 3.95. The van der Waals surface area contributed by atoms with Crippen LogP contribution in [0.25, 0.3) is 0 Å². The van der Waals surface area contributed by atoms with E-state index in [4.69, 9.17) is 14.2 Å². The minimum atomic E-state index is -1.01. The summed E-state index contributed by atoms with van der Waals surface area (Å²) in [7, 11) is 0. The van der Waals surface area contributed by atoms with Gasteiger partial charge in [-0.25, -0.2) is 0 Å². The van der Waals surface area contributed by atoms with E-state index in [1.807, 2.05) is 18.2 Å². The van der Waals surface area contributed by atoms with Crippen LogP contribution in [0, 0.1) is 0 Å². The third-order valence-electron chi connectivity index (χ3n) is 5.22. The Balaban J connectivity index is 1.41. The number of carbonyl (C=O) groups is 1. The van der Waals surface area contributed by atoms with Crippen LogP contribution in [0.2, 0.25) is 0 Å². The fourth-order valence-corrected chi connectivity index (χ4v) is 3.92. The first-order valence-electron chi connectivity index (χ1n) is 9.30. The number of fused-ring (bicyclic) bond motifs is 1. The van der Waals surface area contributed by atoms with E-state index in [-0.39, 0.29) is 25.7 Å². The Bertz CT molecular complexity index is 661. The molecule has 0 radical (unpaired) electrons. The van der Waals surface area contributed by atoms with Crippen LogP contribution in [0.1, 0.15) is 18.4 Å². The lowest BCUT2D eigenvalue weighted by molar-refractivity contribution is -0.133. The van der Waals surface area contributed by atoms with Crippen molar-refractivity contribution in [2.75, 3.05) is 52.7 Å². The lowest BCUT2D eigenvalue weighted by Crippen LogP contribution is -2.53. The van der Waals surface area contributed by atoms with Gasteiger partial charge in [0, 0.05) is 13.1 Å². The number of benzene rings is 1. The topological polar surface area (TPSA) is 71.5 Å². The first kappa shape index (κ1) is 17.6. The lowest BCUT2D eigenvalue weighted by atomic mass is 10.0. The van der Waals surface area contributed by atoms with Crippen LogP contribution in [0.3, 0.4) is 0 Å². The standard InChI is InChI=1S/C19H26N2O5/c22-18(10-15-3-4-16-17(9-15)26-14-25-16)21-7-8-24-13-19(23,12-21)11-20-5-1-2-6-20/h3-4,9,23H,1-2,5-8,10-14H2/t19-/m0/s1. The monoisotopic (exact) mass is 362 g/mol. The molecule has 0 saturated carbocycles. The van der Waals surface area contributed by atoms with E-state index in [9.17, 15) is 9.90 Å². The van der Waals surface area contributed by atoms with Crippen LogP contribution in [0.5, 0.6) is 11.5 Å². The molecule has 7 heteroatoms. The van der Waals surface area contributed by atoms with Gasteiger partial charge in [0.15, 0.2) is 11.5 Å². The maximum absolute atomic E-state index is 12.8. The molecule has 0 aromatic heterocycles. The first-order chi connectivity index (χ1) is 12.6. The highest BCUT2D eigenvalue weighted by atomic mass is 16.7. The zero-order valence-corrected chi connectivity index (χ0v) is 15.0. The average molecular weight is 362 g/mol. The Labute approximate surface area is 153 Å². The second-order valence-corrected chi connectivity index (χ2v) is 7.44. The molecule has 1 aromatic rings. The van der Waals surface area contributed by atoms with Gasteiger partial charge >= 0.3 is 0 Å². The summed E-state index contributed by atoms with van der Waals surface area (Å²) in [4.78, 5) is 16.8. The fraction of sp³-hybridized carbons (Fsp3) is 0.632. The number of aliphatic hydroxyl groups is 1. The average Bonchev–Trinajstić information content (AvgIpc) is 3.24. The summed E-state index contributed by atoms with van der Waals surface area (Å²) >= 11 is 0. The number of likely N-dealkylation sites (tertiary alicyclic amines) is 1. The van der Waals surface area contributed by atoms with E-state index in [0.29, 0.717) is 37.7 Å². The summed E-state index contributed by atoms with van der Waals surface area (Å²) in [6.45, 7) is 4.34. The SMILES string of the molecule is O=C(Cc1ccc2c(c1)OCO2)N1CCOC[C@](O)(CN2CCCC2)C1. The maximum Gasteiger partial charge on any atom is 0.231 e. The quantitative estimate of drug-likeness (QED) is 0.848. The molecular formula is C19H26N2O5. The predicted octanol–water partition coefficient (Wildman–Crippen LogP) is 0.643. The summed E-state index contributed by atoms with van der Waals surface area (Å²) < 4.78 is 16.3. The Kier molecular flexibility index (Phi) is 5.02. The molecule has 7 nitrogen and oxygen atoms in total. The minimum absolute atomic E-state index is 0.00536. The van der Waals surface area contributed by atoms with E-state index in [0.717, 1.165) is 18.7 Å². The molecule has 1 N–H and O–H groups in total. The van der Waals surface area contributed by atoms with Crippen molar-refractivity contribution in [3.05, 3.63) is 23.8 Å². The first-order valence-corrected chi connectivity index (χ1v) is 9.30. The molecule has 1 atom stereocenters. The fourth-order valence-electron chi connectivity index (χ4n) is 3.92. The highest BCUT2D eigenvalue weighted by Gasteiger charge is 2.36. The van der Waals surface area contributed by atoms with Crippen LogP contribution in [0.15, 0.2) is 18.2 Å². The van der Waals surface area contributed by atoms with Crippen molar-refractivity contribution in [3.63, 3.8) is 0 Å². The number of β-amino-alcohol motifs (C(OH)–C–C–N with tert-alkyl or cyclic N) is 1. The minimum Gasteiger partial charge on any atom is -0.454 e. The third-order valence-corrected chi connectivity index (χ3v) is 5.22. The van der Waals surface area contributed by atoms with Crippen molar-refractivity contribution in [2.24, 2.45) is 0 Å². The Morgan fingerprint density at radius 2 is 1.96 bits per heavy atom. The summed E-state index contributed by atoms with van der Waals surface area (Å²) in [6, 6.07) is 5.57. The van der Waals surface area contributed by atoms with Crippen molar-refractivity contribution in [1.82, 2.24) is 9.80 Å². The van der Waals surface area contributed by atoms with Crippen molar-refractivity contribution in [1.29, 1.82) is 0 Å². The van der Waals surface area contributed by atoms with Gasteiger partial charge in [-0.1, -0.05) is 6.07 Å². The molecule has 1 amide bonds. The van der Waals surface area contributed by atoms with Gasteiger partial charge in [-0.2, -0.15) is 0 Å². The highest BCUT2D eigenvalue weighted by molar-refractivity contribution is 5.79. The summed E-state index contributed by atoms with van der Waals surface area (Å²) in [5.41, 5.74) is -0.127. The van der Waals surface area contributed by atoms with Gasteiger partial charge < -0.3 is 29.1 Å². The van der Waals surface area contributed by atoms with Gasteiger partial charge in [0.25, 0.3) is 0 Å². The van der Waals surface area contributed by atoms with Gasteiger partial charge in [0.1, 0.15) is 5.60 Å². The van der Waals surface area contributed by atoms with Gasteiger partial charge in [0.2, 0.25) is 12.7 Å². The number of rotatable bonds is 4. The van der Waals surface area contributed by atoms with E-state index in [1.54, 1.807) is 4.90 Å². The Hall–Kier alpha value is -1.83. The van der Waals surface area contributed by atoms with Crippen LogP contribution in [-0.2, 0) is 16.0 Å². The molecule has 3 aliphatic heterocycles. The molecule has 3 heterocycles. The zero-order valence-electron chi connectivity index (χ0n) is 15.0. The number of nitrogens with zero attached hydrogens (tertiary/aromatic N) is 2. The number of ether oxygens (including phenoxy) is 3. The van der Waals surface area contributed by atoms with Crippen molar-refractivity contribution < 1.29 is 24.1 Å². The summed E-state index contributed by atoms with van der Waals surface area (Å²) in [5.74, 6) is 1.39. The molecule has 2 saturated heterocycles. The van der Waals surface area contributed by atoms with E-state index < -0.39 is 5.60 Å². The predicted molar refractivity (Wildman–Crippen MR) is 94.3 cm³/mol. The second kappa shape index (κ2) is 7.42. The molecular weight excluding hydrogens is 336 g/mol. The van der Waals surface area contributed by atoms with E-state index in [1.165, 1.54) is 12.8 Å². The molecule has 142 valence electrons. The number of carbonyl (C=O) groups excluding carboxylic acids is 1. The van der Waals surface area contributed by atoms with Crippen LogP contribution in [0.4, 0.5) is 0 Å². The molecule has 4 rings (SSSR count). The second-order valence-electron chi connectivity index (χ2n) is 7.44. The Morgan fingerprint density at radius 1 is 1.15 bits per heavy atom. The van der Waals surface area contributed by atoms with Gasteiger partial charge in [-0.3, -0.25) is 4.79 Å². The van der Waals surface area contributed by atoms with Crippen LogP contribution >= 0.6 is 0 Å². The molecule has 1 aromatic carbocycles. The highest BCUT2D eigenvalue weighted by Crippen LogP contribution is 2.32. The van der Waals surface area contributed by atoms with Gasteiger partial charge in [-0.05, 0) is 43.6 Å². The molecule has 3 aliphatic rings. The number of amides is 1. The number of hydrogen-bond donors (Lipinski definition) is 1. The molecule has 0 spiro atoms. The smallest absolute Gasteiger partial charge is 0.231 e. The van der Waals surface area contributed by atoms with Gasteiger partial charge in [-0.15, -0.1) is 0 Å². The zero-order chi connectivity index (χ0) is 18.0. The summed E-state index contributed by atoms with van der Waals surface area (Å²) in [6.07, 6.45) is 2.61. The van der Waals surface area contributed by atoms with E-state index >= 15 is 0 Å². The molecule has 2 fully saturated rings. The number of hydrogen-bond acceptors (Lipinski definition) is 6. The van der Waals surface area contributed by atoms with E-state index in [2.05, 4.69) is 4.90 Å². The van der Waals surface area contributed by atoms with Crippen molar-refractivity contribution in [3.8, 4) is 11.5 Å². The van der Waals surface area contributed by atoms with Crippen molar-refractivity contribution >= 4 is 5.91 Å². The normalized spacial score (nSPS) is 26.1. The lowest BCUT2D eigenvalue weighted by Gasteiger charge is -2.34. The molecule has 0 aliphatic carbocycles.